The highest BCUT2D eigenvalue weighted by molar-refractivity contribution is 6.81. The number of benzene rings is 1. The van der Waals surface area contributed by atoms with Gasteiger partial charge >= 0.3 is 5.91 Å². The van der Waals surface area contributed by atoms with E-state index in [0.717, 1.165) is 5.01 Å². The molecule has 0 spiro atoms. The summed E-state index contributed by atoms with van der Waals surface area (Å²) in [7, 11) is 0. The Morgan fingerprint density at radius 3 is 2.38 bits per heavy atom. The lowest BCUT2D eigenvalue weighted by Gasteiger charge is -2.22. The summed E-state index contributed by atoms with van der Waals surface area (Å²) in [6.45, 7) is 1.37. The molecule has 1 aliphatic heterocycles. The molecule has 2 heterocycles. The van der Waals surface area contributed by atoms with Crippen molar-refractivity contribution in [1.29, 1.82) is 0 Å². The van der Waals surface area contributed by atoms with Crippen molar-refractivity contribution in [1.82, 2.24) is 20.2 Å². The standard InChI is InChI=1S/C12H8N6O3/c1-7-10(19)11(20)12(21)18(14-7)9-5-3-2-4-8(9)17-6-13-15-16-17/h2-6H,1H3. The van der Waals surface area contributed by atoms with Crippen molar-refractivity contribution in [3.8, 4) is 5.69 Å². The van der Waals surface area contributed by atoms with Crippen molar-refractivity contribution < 1.29 is 14.4 Å². The Bertz CT molecular complexity index is 780. The van der Waals surface area contributed by atoms with Crippen LogP contribution in [0, 0.1) is 0 Å². The third-order valence-electron chi connectivity index (χ3n) is 2.88. The Kier molecular flexibility index (Phi) is 2.87. The van der Waals surface area contributed by atoms with Crippen LogP contribution in [-0.4, -0.2) is 43.4 Å². The highest BCUT2D eigenvalue weighted by atomic mass is 16.2. The number of Topliss-reactive ketones (excluding diaryl/α,β-unsaturated/α-hetero) is 2. The normalized spacial score (nSPS) is 15.4. The van der Waals surface area contributed by atoms with Gasteiger partial charge in [0.2, 0.25) is 0 Å². The molecule has 9 nitrogen and oxygen atoms in total. The summed E-state index contributed by atoms with van der Waals surface area (Å²) in [5.41, 5.74) is 0.704. The van der Waals surface area contributed by atoms with Crippen LogP contribution in [0.1, 0.15) is 6.92 Å². The lowest BCUT2D eigenvalue weighted by atomic mass is 10.1. The van der Waals surface area contributed by atoms with Crippen LogP contribution in [-0.2, 0) is 14.4 Å². The van der Waals surface area contributed by atoms with Gasteiger partial charge in [0.1, 0.15) is 12.0 Å². The molecule has 21 heavy (non-hydrogen) atoms. The Labute approximate surface area is 117 Å². The van der Waals surface area contributed by atoms with Gasteiger partial charge in [-0.3, -0.25) is 14.4 Å². The van der Waals surface area contributed by atoms with Gasteiger partial charge in [0.05, 0.1) is 11.4 Å². The van der Waals surface area contributed by atoms with Crippen LogP contribution < -0.4 is 5.01 Å². The number of aromatic nitrogens is 4. The van der Waals surface area contributed by atoms with Gasteiger partial charge in [-0.2, -0.15) is 14.8 Å². The number of anilines is 1. The number of nitrogens with zero attached hydrogens (tertiary/aromatic N) is 6. The van der Waals surface area contributed by atoms with Gasteiger partial charge in [0, 0.05) is 0 Å². The zero-order valence-corrected chi connectivity index (χ0v) is 10.8. The third kappa shape index (κ3) is 2.00. The van der Waals surface area contributed by atoms with E-state index in [1.54, 1.807) is 24.3 Å². The van der Waals surface area contributed by atoms with E-state index in [-0.39, 0.29) is 5.71 Å². The van der Waals surface area contributed by atoms with E-state index in [1.165, 1.54) is 17.9 Å². The minimum Gasteiger partial charge on any atom is -0.283 e. The number of amides is 1. The molecule has 0 unspecified atom stereocenters. The van der Waals surface area contributed by atoms with Crippen LogP contribution >= 0.6 is 0 Å². The van der Waals surface area contributed by atoms with Crippen molar-refractivity contribution in [2.45, 2.75) is 6.92 Å². The summed E-state index contributed by atoms with van der Waals surface area (Å²) in [5.74, 6) is -3.02. The number of carbonyl (C=O) groups is 3. The lowest BCUT2D eigenvalue weighted by Crippen LogP contribution is -2.45. The zero-order chi connectivity index (χ0) is 15.0. The van der Waals surface area contributed by atoms with Gasteiger partial charge in [-0.25, -0.2) is 0 Å². The van der Waals surface area contributed by atoms with E-state index in [1.807, 2.05) is 0 Å². The molecule has 0 saturated heterocycles. The first-order chi connectivity index (χ1) is 10.1. The van der Waals surface area contributed by atoms with Crippen molar-refractivity contribution in [3.63, 3.8) is 0 Å². The summed E-state index contributed by atoms with van der Waals surface area (Å²) in [4.78, 5) is 35.1. The second kappa shape index (κ2) is 4.71. The number of hydrazone groups is 1. The van der Waals surface area contributed by atoms with E-state index < -0.39 is 17.5 Å². The largest absolute Gasteiger partial charge is 0.323 e. The number of tetrazole rings is 1. The topological polar surface area (TPSA) is 110 Å². The molecule has 1 amide bonds. The maximum atomic E-state index is 12.0. The summed E-state index contributed by atoms with van der Waals surface area (Å²) >= 11 is 0. The number of hydrogen-bond acceptors (Lipinski definition) is 7. The molecule has 0 saturated carbocycles. The molecule has 3 rings (SSSR count). The van der Waals surface area contributed by atoms with Crippen molar-refractivity contribution in [3.05, 3.63) is 30.6 Å². The molecule has 1 aromatic heterocycles. The summed E-state index contributed by atoms with van der Waals surface area (Å²) in [6.07, 6.45) is 1.34. The van der Waals surface area contributed by atoms with Crippen LogP contribution in [0.3, 0.4) is 0 Å². The van der Waals surface area contributed by atoms with Crippen LogP contribution in [0.25, 0.3) is 5.69 Å². The zero-order valence-electron chi connectivity index (χ0n) is 10.8. The van der Waals surface area contributed by atoms with Gasteiger partial charge < -0.3 is 0 Å². The average molecular weight is 284 g/mol. The molecule has 1 aliphatic rings. The SMILES string of the molecule is CC1=NN(c2ccccc2-n2cnnn2)C(=O)C(=O)C1=O. The third-order valence-corrected chi connectivity index (χ3v) is 2.88. The van der Waals surface area contributed by atoms with E-state index in [2.05, 4.69) is 20.6 Å². The first-order valence-corrected chi connectivity index (χ1v) is 5.90. The van der Waals surface area contributed by atoms with E-state index in [4.69, 9.17) is 0 Å². The molecule has 104 valence electrons. The molecule has 0 bridgehead atoms. The molecule has 0 aliphatic carbocycles. The highest BCUT2D eigenvalue weighted by Crippen LogP contribution is 2.25. The number of hydrogen-bond donors (Lipinski definition) is 0. The molecular weight excluding hydrogens is 276 g/mol. The van der Waals surface area contributed by atoms with E-state index >= 15 is 0 Å². The molecule has 0 radical (unpaired) electrons. The number of para-hydroxylation sites is 2. The molecule has 2 aromatic rings. The predicted molar refractivity (Wildman–Crippen MR) is 69.8 cm³/mol. The number of carbonyl (C=O) groups excluding carboxylic acids is 3. The molecule has 0 atom stereocenters. The Morgan fingerprint density at radius 1 is 1.00 bits per heavy atom. The number of ketones is 2. The molecular formula is C12H8N6O3. The second-order valence-electron chi connectivity index (χ2n) is 4.20. The summed E-state index contributed by atoms with van der Waals surface area (Å²) < 4.78 is 1.33. The predicted octanol–water partition coefficient (Wildman–Crippen LogP) is -0.477. The molecule has 9 heteroatoms. The Hall–Kier alpha value is -3.23. The first kappa shape index (κ1) is 12.8. The van der Waals surface area contributed by atoms with Gasteiger partial charge in [0.15, 0.2) is 0 Å². The summed E-state index contributed by atoms with van der Waals surface area (Å²) in [6, 6.07) is 6.63. The van der Waals surface area contributed by atoms with Gasteiger partial charge in [-0.05, 0) is 29.5 Å². The minimum absolute atomic E-state index is 0.0499. The molecule has 1 aromatic carbocycles. The lowest BCUT2D eigenvalue weighted by molar-refractivity contribution is -0.142. The maximum absolute atomic E-state index is 12.0. The molecule has 0 fully saturated rings. The van der Waals surface area contributed by atoms with Gasteiger partial charge in [-0.15, -0.1) is 5.10 Å². The van der Waals surface area contributed by atoms with Crippen molar-refractivity contribution in [2.24, 2.45) is 5.10 Å². The van der Waals surface area contributed by atoms with Gasteiger partial charge in [0.25, 0.3) is 11.6 Å². The van der Waals surface area contributed by atoms with Crippen LogP contribution in [0.4, 0.5) is 5.69 Å². The highest BCUT2D eigenvalue weighted by Gasteiger charge is 2.36. The fraction of sp³-hybridized carbons (Fsp3) is 0.0833. The van der Waals surface area contributed by atoms with Crippen molar-refractivity contribution in [2.75, 3.05) is 5.01 Å². The van der Waals surface area contributed by atoms with Crippen molar-refractivity contribution >= 4 is 28.9 Å². The molecule has 0 N–H and O–H groups in total. The Balaban J connectivity index is 2.16. The van der Waals surface area contributed by atoms with Crippen LogP contribution in [0.2, 0.25) is 0 Å². The summed E-state index contributed by atoms with van der Waals surface area (Å²) in [5, 5.41) is 15.5. The smallest absolute Gasteiger partial charge is 0.283 e. The quantitative estimate of drug-likeness (QED) is 0.689. The Morgan fingerprint density at radius 2 is 1.71 bits per heavy atom. The first-order valence-electron chi connectivity index (χ1n) is 5.90. The van der Waals surface area contributed by atoms with E-state index in [9.17, 15) is 14.4 Å². The van der Waals surface area contributed by atoms with E-state index in [0.29, 0.717) is 11.4 Å². The second-order valence-corrected chi connectivity index (χ2v) is 4.20. The average Bonchev–Trinajstić information content (AvgIpc) is 3.03. The van der Waals surface area contributed by atoms with Crippen LogP contribution in [0.15, 0.2) is 35.7 Å². The fourth-order valence-corrected chi connectivity index (χ4v) is 1.87. The monoisotopic (exact) mass is 284 g/mol. The van der Waals surface area contributed by atoms with Gasteiger partial charge in [-0.1, -0.05) is 12.1 Å². The fourth-order valence-electron chi connectivity index (χ4n) is 1.87. The minimum atomic E-state index is -1.12. The number of rotatable bonds is 2. The maximum Gasteiger partial charge on any atom is 0.323 e. The van der Waals surface area contributed by atoms with Crippen LogP contribution in [0.5, 0.6) is 0 Å².